The second-order valence-corrected chi connectivity index (χ2v) is 9.38. The summed E-state index contributed by atoms with van der Waals surface area (Å²) in [7, 11) is 0. The first-order valence-corrected chi connectivity index (χ1v) is 11.7. The molecule has 1 aromatic heterocycles. The first-order valence-electron chi connectivity index (χ1n) is 10.9. The summed E-state index contributed by atoms with van der Waals surface area (Å²) < 4.78 is 0. The first-order chi connectivity index (χ1) is 14.2. The minimum atomic E-state index is 0.00586. The van der Waals surface area contributed by atoms with Crippen molar-refractivity contribution < 1.29 is 9.59 Å². The van der Waals surface area contributed by atoms with Crippen molar-refractivity contribution in [2.45, 2.75) is 57.9 Å². The predicted molar refractivity (Wildman–Crippen MR) is 117 cm³/mol. The number of rotatable bonds is 4. The number of piperidine rings is 1. The van der Waals surface area contributed by atoms with E-state index in [1.807, 2.05) is 35.2 Å². The van der Waals surface area contributed by atoms with Gasteiger partial charge in [0.2, 0.25) is 5.91 Å². The third kappa shape index (κ3) is 5.08. The molecule has 0 radical (unpaired) electrons. The van der Waals surface area contributed by atoms with Crippen LogP contribution in [0.5, 0.6) is 0 Å². The maximum atomic E-state index is 13.0. The predicted octanol–water partition coefficient (Wildman–Crippen LogP) is 4.58. The number of nitrogens with one attached hydrogen (secondary N) is 1. The van der Waals surface area contributed by atoms with E-state index in [1.165, 1.54) is 36.1 Å². The normalized spacial score (nSPS) is 17.9. The van der Waals surface area contributed by atoms with E-state index in [2.05, 4.69) is 11.4 Å². The molecule has 2 heterocycles. The van der Waals surface area contributed by atoms with Crippen LogP contribution < -0.4 is 5.32 Å². The number of aryl methyl sites for hydroxylation is 2. The molecule has 0 saturated carbocycles. The van der Waals surface area contributed by atoms with Gasteiger partial charge in [-0.2, -0.15) is 0 Å². The van der Waals surface area contributed by atoms with Gasteiger partial charge in [0, 0.05) is 30.4 Å². The topological polar surface area (TPSA) is 49.4 Å². The Balaban J connectivity index is 1.29. The van der Waals surface area contributed by atoms with Gasteiger partial charge in [0.15, 0.2) is 0 Å². The highest BCUT2D eigenvalue weighted by Gasteiger charge is 2.29. The average Bonchev–Trinajstić information content (AvgIpc) is 3.14. The lowest BCUT2D eigenvalue weighted by Gasteiger charge is -2.31. The van der Waals surface area contributed by atoms with Crippen LogP contribution in [0.3, 0.4) is 0 Å². The SMILES string of the molecule is O=C(NCc1ccccc1)C1CCN(C(=O)c2cc3c(s2)CCCCCC3)CC1. The number of carbonyl (C=O) groups is 2. The van der Waals surface area contributed by atoms with Crippen molar-refractivity contribution in [3.63, 3.8) is 0 Å². The Bertz CT molecular complexity index is 812. The number of amides is 2. The van der Waals surface area contributed by atoms with Crippen LogP contribution in [0.25, 0.3) is 0 Å². The van der Waals surface area contributed by atoms with Crippen molar-refractivity contribution in [1.82, 2.24) is 10.2 Å². The summed E-state index contributed by atoms with van der Waals surface area (Å²) >= 11 is 1.70. The van der Waals surface area contributed by atoms with Crippen LogP contribution in [0.2, 0.25) is 0 Å². The number of thiophene rings is 1. The molecule has 4 rings (SSSR count). The summed E-state index contributed by atoms with van der Waals surface area (Å²) in [5.41, 5.74) is 2.51. The Morgan fingerprint density at radius 1 is 1.00 bits per heavy atom. The largest absolute Gasteiger partial charge is 0.352 e. The molecule has 29 heavy (non-hydrogen) atoms. The molecule has 1 N–H and O–H groups in total. The Hall–Kier alpha value is -2.14. The van der Waals surface area contributed by atoms with E-state index < -0.39 is 0 Å². The maximum Gasteiger partial charge on any atom is 0.263 e. The maximum absolute atomic E-state index is 13.0. The molecule has 0 unspecified atom stereocenters. The molecule has 2 aromatic rings. The van der Waals surface area contributed by atoms with Crippen LogP contribution in [0.1, 0.15) is 64.2 Å². The zero-order valence-corrected chi connectivity index (χ0v) is 17.8. The van der Waals surface area contributed by atoms with Crippen molar-refractivity contribution in [2.75, 3.05) is 13.1 Å². The lowest BCUT2D eigenvalue weighted by atomic mass is 9.95. The Morgan fingerprint density at radius 3 is 2.48 bits per heavy atom. The number of fused-ring (bicyclic) bond motifs is 1. The minimum Gasteiger partial charge on any atom is -0.352 e. The fourth-order valence-corrected chi connectivity index (χ4v) is 5.60. The van der Waals surface area contributed by atoms with Gasteiger partial charge in [-0.3, -0.25) is 9.59 Å². The van der Waals surface area contributed by atoms with Gasteiger partial charge < -0.3 is 10.2 Å². The molecule has 1 aromatic carbocycles. The van der Waals surface area contributed by atoms with Crippen molar-refractivity contribution in [1.29, 1.82) is 0 Å². The molecule has 2 aliphatic rings. The van der Waals surface area contributed by atoms with E-state index in [-0.39, 0.29) is 17.7 Å². The molecule has 0 spiro atoms. The van der Waals surface area contributed by atoms with Crippen molar-refractivity contribution >= 4 is 23.2 Å². The summed E-state index contributed by atoms with van der Waals surface area (Å²) in [6.45, 7) is 1.91. The lowest BCUT2D eigenvalue weighted by molar-refractivity contribution is -0.126. The molecule has 2 amide bonds. The van der Waals surface area contributed by atoms with Gasteiger partial charge in [-0.05, 0) is 55.7 Å². The average molecular weight is 411 g/mol. The highest BCUT2D eigenvalue weighted by atomic mass is 32.1. The molecule has 4 nitrogen and oxygen atoms in total. The van der Waals surface area contributed by atoms with Crippen LogP contribution >= 0.6 is 11.3 Å². The van der Waals surface area contributed by atoms with E-state index in [0.29, 0.717) is 19.6 Å². The van der Waals surface area contributed by atoms with E-state index in [1.54, 1.807) is 11.3 Å². The van der Waals surface area contributed by atoms with Crippen LogP contribution in [0, 0.1) is 5.92 Å². The summed E-state index contributed by atoms with van der Waals surface area (Å²) in [5, 5.41) is 3.05. The monoisotopic (exact) mass is 410 g/mol. The first kappa shape index (κ1) is 20.1. The summed E-state index contributed by atoms with van der Waals surface area (Å²) in [5.74, 6) is 0.274. The van der Waals surface area contributed by atoms with Gasteiger partial charge in [0.1, 0.15) is 0 Å². The van der Waals surface area contributed by atoms with Gasteiger partial charge >= 0.3 is 0 Å². The van der Waals surface area contributed by atoms with Gasteiger partial charge in [0.25, 0.3) is 5.91 Å². The van der Waals surface area contributed by atoms with Crippen molar-refractivity contribution in [2.24, 2.45) is 5.92 Å². The van der Waals surface area contributed by atoms with Crippen LogP contribution in [-0.4, -0.2) is 29.8 Å². The molecule has 5 heteroatoms. The van der Waals surface area contributed by atoms with Crippen LogP contribution in [0.15, 0.2) is 36.4 Å². The second-order valence-electron chi connectivity index (χ2n) is 8.24. The number of hydrogen-bond acceptors (Lipinski definition) is 3. The zero-order valence-electron chi connectivity index (χ0n) is 17.0. The third-order valence-corrected chi connectivity index (χ3v) is 7.40. The number of benzene rings is 1. The number of carbonyl (C=O) groups excluding carboxylic acids is 2. The number of nitrogens with zero attached hydrogens (tertiary/aromatic N) is 1. The summed E-state index contributed by atoms with van der Waals surface area (Å²) in [6.07, 6.45) is 8.82. The van der Waals surface area contributed by atoms with Gasteiger partial charge in [-0.15, -0.1) is 11.3 Å². The quantitative estimate of drug-likeness (QED) is 0.802. The van der Waals surface area contributed by atoms with Crippen molar-refractivity contribution in [3.8, 4) is 0 Å². The summed E-state index contributed by atoms with van der Waals surface area (Å²) in [6, 6.07) is 12.1. The molecule has 1 aliphatic heterocycles. The Morgan fingerprint density at radius 2 is 1.72 bits per heavy atom. The van der Waals surface area contributed by atoms with E-state index >= 15 is 0 Å². The van der Waals surface area contributed by atoms with Gasteiger partial charge in [-0.25, -0.2) is 0 Å². The number of hydrogen-bond donors (Lipinski definition) is 1. The smallest absolute Gasteiger partial charge is 0.263 e. The zero-order chi connectivity index (χ0) is 20.1. The van der Waals surface area contributed by atoms with Crippen LogP contribution in [-0.2, 0) is 24.2 Å². The molecular weight excluding hydrogens is 380 g/mol. The fraction of sp³-hybridized carbons (Fsp3) is 0.500. The second kappa shape index (κ2) is 9.57. The lowest BCUT2D eigenvalue weighted by Crippen LogP contribution is -2.42. The highest BCUT2D eigenvalue weighted by Crippen LogP contribution is 2.30. The van der Waals surface area contributed by atoms with E-state index in [0.717, 1.165) is 36.1 Å². The molecular formula is C24H30N2O2S. The molecule has 0 bridgehead atoms. The van der Waals surface area contributed by atoms with E-state index in [4.69, 9.17) is 0 Å². The molecule has 1 aliphatic carbocycles. The molecule has 1 fully saturated rings. The Labute approximate surface area is 177 Å². The highest BCUT2D eigenvalue weighted by molar-refractivity contribution is 7.14. The molecule has 1 saturated heterocycles. The summed E-state index contributed by atoms with van der Waals surface area (Å²) in [4.78, 5) is 29.8. The fourth-order valence-electron chi connectivity index (χ4n) is 4.38. The molecule has 0 atom stereocenters. The van der Waals surface area contributed by atoms with Gasteiger partial charge in [0.05, 0.1) is 4.88 Å². The standard InChI is InChI=1S/C24H30N2O2S/c27-23(25-17-18-8-4-3-5-9-18)19-12-14-26(15-13-19)24(28)22-16-20-10-6-1-2-7-11-21(20)29-22/h3-5,8-9,16,19H,1-2,6-7,10-15,17H2,(H,25,27). The number of likely N-dealkylation sites (tertiary alicyclic amines) is 1. The molecule has 154 valence electrons. The van der Waals surface area contributed by atoms with Crippen molar-refractivity contribution in [3.05, 3.63) is 57.3 Å². The third-order valence-electron chi connectivity index (χ3n) is 6.17. The Kier molecular flexibility index (Phi) is 6.65. The van der Waals surface area contributed by atoms with E-state index in [9.17, 15) is 9.59 Å². The van der Waals surface area contributed by atoms with Crippen LogP contribution in [0.4, 0.5) is 0 Å². The van der Waals surface area contributed by atoms with Gasteiger partial charge in [-0.1, -0.05) is 43.2 Å². The minimum absolute atomic E-state index is 0.00586.